The number of fused-ring (bicyclic) bond motifs is 1. The molecule has 0 aliphatic carbocycles. The van der Waals surface area contributed by atoms with Crippen LogP contribution < -0.4 is 9.29 Å². The molecule has 0 bridgehead atoms. The molecule has 0 radical (unpaired) electrons. The van der Waals surface area contributed by atoms with Crippen LogP contribution in [0.5, 0.6) is 0 Å². The summed E-state index contributed by atoms with van der Waals surface area (Å²) in [4.78, 5) is 0.267. The number of nitrogens with one attached hydrogen (secondary N) is 1. The Morgan fingerprint density at radius 2 is 1.72 bits per heavy atom. The summed E-state index contributed by atoms with van der Waals surface area (Å²) in [5, 5.41) is 0. The quantitative estimate of drug-likeness (QED) is 0.711. The number of anilines is 1. The number of imidazole rings is 1. The van der Waals surface area contributed by atoms with Crippen molar-refractivity contribution in [3.63, 3.8) is 0 Å². The normalized spacial score (nSPS) is 11.8. The van der Waals surface area contributed by atoms with E-state index in [1.54, 1.807) is 24.3 Å². The Hall–Kier alpha value is -2.34. The molecule has 1 heterocycles. The molecular formula is C19H24N3O2S+. The van der Waals surface area contributed by atoms with E-state index in [0.29, 0.717) is 5.69 Å². The van der Waals surface area contributed by atoms with Crippen LogP contribution in [0.1, 0.15) is 25.2 Å². The first-order valence-electron chi connectivity index (χ1n) is 8.49. The van der Waals surface area contributed by atoms with Crippen molar-refractivity contribution in [3.05, 3.63) is 53.9 Å². The van der Waals surface area contributed by atoms with Crippen LogP contribution in [0.2, 0.25) is 0 Å². The minimum absolute atomic E-state index is 0.267. The van der Waals surface area contributed by atoms with Gasteiger partial charge in [-0.15, -0.1) is 0 Å². The molecule has 3 rings (SSSR count). The van der Waals surface area contributed by atoms with E-state index in [2.05, 4.69) is 34.6 Å². The Kier molecular flexibility index (Phi) is 4.56. The molecule has 0 unspecified atom stereocenters. The second-order valence-electron chi connectivity index (χ2n) is 6.16. The fourth-order valence-electron chi connectivity index (χ4n) is 3.26. The van der Waals surface area contributed by atoms with E-state index < -0.39 is 10.0 Å². The third kappa shape index (κ3) is 3.14. The summed E-state index contributed by atoms with van der Waals surface area (Å²) >= 11 is 0. The summed E-state index contributed by atoms with van der Waals surface area (Å²) < 4.78 is 32.3. The number of aromatic nitrogens is 2. The molecule has 0 aliphatic heterocycles. The first kappa shape index (κ1) is 17.5. The minimum Gasteiger partial charge on any atom is -0.279 e. The number of nitrogens with zero attached hydrogens (tertiary/aromatic N) is 2. The summed E-state index contributed by atoms with van der Waals surface area (Å²) in [5.41, 5.74) is 3.75. The molecule has 2 aromatic carbocycles. The molecule has 0 saturated carbocycles. The third-order valence-corrected chi connectivity index (χ3v) is 5.95. The van der Waals surface area contributed by atoms with Crippen LogP contribution in [0.3, 0.4) is 0 Å². The van der Waals surface area contributed by atoms with Gasteiger partial charge in [0.2, 0.25) is 0 Å². The van der Waals surface area contributed by atoms with Crippen LogP contribution in [0.25, 0.3) is 11.0 Å². The van der Waals surface area contributed by atoms with Crippen molar-refractivity contribution in [1.82, 2.24) is 4.57 Å². The van der Waals surface area contributed by atoms with E-state index in [-0.39, 0.29) is 4.90 Å². The molecule has 0 spiro atoms. The summed E-state index contributed by atoms with van der Waals surface area (Å²) in [5.74, 6) is 1.17. The number of hydrogen-bond donors (Lipinski definition) is 1. The van der Waals surface area contributed by atoms with Gasteiger partial charge in [0.05, 0.1) is 23.7 Å². The van der Waals surface area contributed by atoms with Gasteiger partial charge in [-0.2, -0.15) is 0 Å². The lowest BCUT2D eigenvalue weighted by Crippen LogP contribution is -2.35. The van der Waals surface area contributed by atoms with Crippen LogP contribution >= 0.6 is 0 Å². The Morgan fingerprint density at radius 3 is 2.32 bits per heavy atom. The minimum atomic E-state index is -3.59. The molecule has 0 fully saturated rings. The van der Waals surface area contributed by atoms with Crippen LogP contribution in [-0.4, -0.2) is 13.0 Å². The monoisotopic (exact) mass is 358 g/mol. The standard InChI is InChI=1S/C19H24N3O2S/c1-5-21-15(4)22(6-2)19-13-16(9-12-18(19)21)20-25(23,24)17-10-7-14(3)8-11-17/h7-13,20H,5-6H2,1-4H3/q+1. The molecule has 0 aliphatic rings. The Bertz CT molecular complexity index is 1020. The number of rotatable bonds is 5. The number of sulfonamides is 1. The van der Waals surface area contributed by atoms with Gasteiger partial charge in [0.1, 0.15) is 0 Å². The fourth-order valence-corrected chi connectivity index (χ4v) is 4.31. The van der Waals surface area contributed by atoms with Gasteiger partial charge in [0, 0.05) is 13.0 Å². The van der Waals surface area contributed by atoms with Gasteiger partial charge in [0.25, 0.3) is 15.8 Å². The van der Waals surface area contributed by atoms with Crippen molar-refractivity contribution in [1.29, 1.82) is 0 Å². The van der Waals surface area contributed by atoms with Crippen LogP contribution in [-0.2, 0) is 23.1 Å². The highest BCUT2D eigenvalue weighted by molar-refractivity contribution is 7.92. The number of benzene rings is 2. The fraction of sp³-hybridized carbons (Fsp3) is 0.316. The maximum Gasteiger partial charge on any atom is 0.261 e. The molecule has 0 amide bonds. The van der Waals surface area contributed by atoms with Crippen LogP contribution in [0.4, 0.5) is 5.69 Å². The lowest BCUT2D eigenvalue weighted by atomic mass is 10.2. The zero-order chi connectivity index (χ0) is 18.2. The highest BCUT2D eigenvalue weighted by Crippen LogP contribution is 2.22. The number of hydrogen-bond acceptors (Lipinski definition) is 2. The summed E-state index contributed by atoms with van der Waals surface area (Å²) in [6.45, 7) is 9.94. The molecule has 0 atom stereocenters. The molecule has 0 saturated heterocycles. The average molecular weight is 358 g/mol. The maximum atomic E-state index is 12.6. The molecule has 1 aromatic heterocycles. The molecule has 1 N–H and O–H groups in total. The highest BCUT2D eigenvalue weighted by atomic mass is 32.2. The van der Waals surface area contributed by atoms with Gasteiger partial charge in [0.15, 0.2) is 11.0 Å². The van der Waals surface area contributed by atoms with Crippen molar-refractivity contribution < 1.29 is 13.0 Å². The maximum absolute atomic E-state index is 12.6. The summed E-state index contributed by atoms with van der Waals surface area (Å²) in [6, 6.07) is 12.6. The van der Waals surface area contributed by atoms with Crippen LogP contribution in [0, 0.1) is 13.8 Å². The average Bonchev–Trinajstić information content (AvgIpc) is 2.84. The molecule has 25 heavy (non-hydrogen) atoms. The van der Waals surface area contributed by atoms with Crippen molar-refractivity contribution in [2.45, 2.75) is 45.7 Å². The van der Waals surface area contributed by atoms with E-state index in [4.69, 9.17) is 0 Å². The predicted molar refractivity (Wildman–Crippen MR) is 100 cm³/mol. The lowest BCUT2D eigenvalue weighted by molar-refractivity contribution is -0.674. The second kappa shape index (κ2) is 6.52. The predicted octanol–water partition coefficient (Wildman–Crippen LogP) is 3.39. The van der Waals surface area contributed by atoms with E-state index in [0.717, 1.165) is 29.7 Å². The van der Waals surface area contributed by atoms with Crippen LogP contribution in [0.15, 0.2) is 47.4 Å². The lowest BCUT2D eigenvalue weighted by Gasteiger charge is -2.08. The first-order valence-corrected chi connectivity index (χ1v) is 9.98. The van der Waals surface area contributed by atoms with Crippen molar-refractivity contribution >= 4 is 26.7 Å². The highest BCUT2D eigenvalue weighted by Gasteiger charge is 2.21. The van der Waals surface area contributed by atoms with E-state index in [9.17, 15) is 8.42 Å². The Morgan fingerprint density at radius 1 is 1.04 bits per heavy atom. The zero-order valence-electron chi connectivity index (χ0n) is 15.1. The third-order valence-electron chi connectivity index (χ3n) is 4.55. The van der Waals surface area contributed by atoms with Gasteiger partial charge >= 0.3 is 0 Å². The SMILES string of the molecule is CCn1c(C)[n+](CC)c2ccc(NS(=O)(=O)c3ccc(C)cc3)cc21. The molecule has 6 heteroatoms. The second-order valence-corrected chi connectivity index (χ2v) is 7.84. The summed E-state index contributed by atoms with van der Waals surface area (Å²) in [7, 11) is -3.59. The van der Waals surface area contributed by atoms with Crippen molar-refractivity contribution in [2.24, 2.45) is 0 Å². The first-order chi connectivity index (χ1) is 11.9. The summed E-state index contributed by atoms with van der Waals surface area (Å²) in [6.07, 6.45) is 0. The topological polar surface area (TPSA) is 55.0 Å². The Labute approximate surface area is 149 Å². The van der Waals surface area contributed by atoms with E-state index in [1.165, 1.54) is 5.82 Å². The Balaban J connectivity index is 2.03. The molecule has 132 valence electrons. The van der Waals surface area contributed by atoms with Gasteiger partial charge < -0.3 is 0 Å². The smallest absolute Gasteiger partial charge is 0.261 e. The molecule has 3 aromatic rings. The van der Waals surface area contributed by atoms with Gasteiger partial charge in [-0.1, -0.05) is 17.7 Å². The van der Waals surface area contributed by atoms with Gasteiger partial charge in [-0.3, -0.25) is 4.72 Å². The largest absolute Gasteiger partial charge is 0.279 e. The van der Waals surface area contributed by atoms with E-state index in [1.807, 2.05) is 25.1 Å². The van der Waals surface area contributed by atoms with Gasteiger partial charge in [-0.25, -0.2) is 17.6 Å². The van der Waals surface area contributed by atoms with E-state index >= 15 is 0 Å². The molecule has 5 nitrogen and oxygen atoms in total. The molecular weight excluding hydrogens is 334 g/mol. The van der Waals surface area contributed by atoms with Crippen molar-refractivity contribution in [3.8, 4) is 0 Å². The number of aryl methyl sites for hydroxylation is 3. The zero-order valence-corrected chi connectivity index (χ0v) is 15.9. The van der Waals surface area contributed by atoms with Gasteiger partial charge in [-0.05, 0) is 45.0 Å². The van der Waals surface area contributed by atoms with Crippen molar-refractivity contribution in [2.75, 3.05) is 4.72 Å².